The molecule has 1 atom stereocenters. The number of nitrogens with zero attached hydrogens (tertiary/aromatic N) is 2. The van der Waals surface area contributed by atoms with Gasteiger partial charge in [-0.2, -0.15) is 0 Å². The summed E-state index contributed by atoms with van der Waals surface area (Å²) in [4.78, 5) is 18.0. The van der Waals surface area contributed by atoms with Crippen LogP contribution in [0.25, 0.3) is 0 Å². The first kappa shape index (κ1) is 13.0. The van der Waals surface area contributed by atoms with E-state index in [0.29, 0.717) is 19.0 Å². The molecule has 0 spiro atoms. The molecule has 4 nitrogen and oxygen atoms in total. The average molecular weight is 247 g/mol. The minimum Gasteiger partial charge on any atom is -0.351 e. The molecule has 2 heterocycles. The van der Waals surface area contributed by atoms with Gasteiger partial charge in [-0.3, -0.25) is 14.7 Å². The Hall–Kier alpha value is -1.42. The second-order valence-electron chi connectivity index (χ2n) is 5.11. The lowest BCUT2D eigenvalue weighted by Crippen LogP contribution is -2.41. The summed E-state index contributed by atoms with van der Waals surface area (Å²) in [5.74, 6) is 0.827. The average Bonchev–Trinajstić information content (AvgIpc) is 2.38. The van der Waals surface area contributed by atoms with Gasteiger partial charge in [-0.1, -0.05) is 6.92 Å². The van der Waals surface area contributed by atoms with Crippen LogP contribution in [0.4, 0.5) is 0 Å². The Bertz CT molecular complexity index is 380. The van der Waals surface area contributed by atoms with Crippen LogP contribution in [0, 0.1) is 5.92 Å². The van der Waals surface area contributed by atoms with Crippen molar-refractivity contribution in [1.82, 2.24) is 15.2 Å². The summed E-state index contributed by atoms with van der Waals surface area (Å²) >= 11 is 0. The SMILES string of the molecule is CC1CCCN(CC(=O)NCc2ccncc2)C1. The number of amides is 1. The molecule has 1 N–H and O–H groups in total. The fourth-order valence-electron chi connectivity index (χ4n) is 2.39. The maximum absolute atomic E-state index is 11.8. The summed E-state index contributed by atoms with van der Waals surface area (Å²) in [6.45, 7) is 5.46. The van der Waals surface area contributed by atoms with Crippen molar-refractivity contribution in [2.45, 2.75) is 26.3 Å². The molecule has 98 valence electrons. The summed E-state index contributed by atoms with van der Waals surface area (Å²) in [6.07, 6.45) is 5.98. The van der Waals surface area contributed by atoms with Crippen LogP contribution in [0.15, 0.2) is 24.5 Å². The molecule has 0 aliphatic carbocycles. The van der Waals surface area contributed by atoms with Gasteiger partial charge in [0.1, 0.15) is 0 Å². The number of hydrogen-bond acceptors (Lipinski definition) is 3. The van der Waals surface area contributed by atoms with E-state index in [1.165, 1.54) is 12.8 Å². The van der Waals surface area contributed by atoms with Crippen LogP contribution < -0.4 is 5.32 Å². The lowest BCUT2D eigenvalue weighted by atomic mass is 10.0. The van der Waals surface area contributed by atoms with E-state index in [-0.39, 0.29) is 5.91 Å². The van der Waals surface area contributed by atoms with Gasteiger partial charge in [0, 0.05) is 25.5 Å². The van der Waals surface area contributed by atoms with Gasteiger partial charge in [0.15, 0.2) is 0 Å². The van der Waals surface area contributed by atoms with Gasteiger partial charge >= 0.3 is 0 Å². The van der Waals surface area contributed by atoms with E-state index in [4.69, 9.17) is 0 Å². The third-order valence-corrected chi connectivity index (χ3v) is 3.35. The van der Waals surface area contributed by atoms with Crippen molar-refractivity contribution < 1.29 is 4.79 Å². The first-order valence-corrected chi connectivity index (χ1v) is 6.62. The number of carbonyl (C=O) groups is 1. The smallest absolute Gasteiger partial charge is 0.234 e. The Labute approximate surface area is 108 Å². The number of rotatable bonds is 4. The van der Waals surface area contributed by atoms with Gasteiger partial charge in [-0.05, 0) is 43.0 Å². The zero-order chi connectivity index (χ0) is 12.8. The number of nitrogens with one attached hydrogen (secondary N) is 1. The number of likely N-dealkylation sites (tertiary alicyclic amines) is 1. The predicted molar refractivity (Wildman–Crippen MR) is 70.9 cm³/mol. The van der Waals surface area contributed by atoms with Gasteiger partial charge in [0.05, 0.1) is 6.54 Å². The molecule has 1 saturated heterocycles. The molecule has 1 fully saturated rings. The van der Waals surface area contributed by atoms with E-state index < -0.39 is 0 Å². The first-order valence-electron chi connectivity index (χ1n) is 6.62. The fourth-order valence-corrected chi connectivity index (χ4v) is 2.39. The number of aromatic nitrogens is 1. The molecule has 1 aliphatic rings. The van der Waals surface area contributed by atoms with Crippen molar-refractivity contribution in [3.63, 3.8) is 0 Å². The third kappa shape index (κ3) is 4.11. The minimum absolute atomic E-state index is 0.112. The number of piperidine rings is 1. The van der Waals surface area contributed by atoms with Crippen molar-refractivity contribution in [2.24, 2.45) is 5.92 Å². The van der Waals surface area contributed by atoms with Gasteiger partial charge in [-0.15, -0.1) is 0 Å². The molecule has 2 rings (SSSR count). The highest BCUT2D eigenvalue weighted by atomic mass is 16.2. The Balaban J connectivity index is 1.72. The van der Waals surface area contributed by atoms with Crippen molar-refractivity contribution in [1.29, 1.82) is 0 Å². The normalized spacial score (nSPS) is 20.6. The Morgan fingerprint density at radius 3 is 3.00 bits per heavy atom. The molecule has 18 heavy (non-hydrogen) atoms. The van der Waals surface area contributed by atoms with E-state index >= 15 is 0 Å². The molecule has 1 amide bonds. The molecule has 1 aromatic rings. The third-order valence-electron chi connectivity index (χ3n) is 3.35. The van der Waals surface area contributed by atoms with Crippen LogP contribution in [0.3, 0.4) is 0 Å². The summed E-state index contributed by atoms with van der Waals surface area (Å²) in [6, 6.07) is 3.84. The van der Waals surface area contributed by atoms with Crippen molar-refractivity contribution in [2.75, 3.05) is 19.6 Å². The molecule has 0 radical (unpaired) electrons. The lowest BCUT2D eigenvalue weighted by molar-refractivity contribution is -0.122. The van der Waals surface area contributed by atoms with Crippen molar-refractivity contribution in [3.05, 3.63) is 30.1 Å². The maximum atomic E-state index is 11.8. The highest BCUT2D eigenvalue weighted by molar-refractivity contribution is 5.78. The summed E-state index contributed by atoms with van der Waals surface area (Å²) in [5.41, 5.74) is 1.09. The van der Waals surface area contributed by atoms with Crippen LogP contribution in [-0.4, -0.2) is 35.4 Å². The quantitative estimate of drug-likeness (QED) is 0.875. The van der Waals surface area contributed by atoms with Crippen molar-refractivity contribution >= 4 is 5.91 Å². The van der Waals surface area contributed by atoms with Gasteiger partial charge in [0.25, 0.3) is 0 Å². The molecule has 1 aliphatic heterocycles. The van der Waals surface area contributed by atoms with Gasteiger partial charge < -0.3 is 5.32 Å². The largest absolute Gasteiger partial charge is 0.351 e. The van der Waals surface area contributed by atoms with Gasteiger partial charge in [-0.25, -0.2) is 0 Å². The highest BCUT2D eigenvalue weighted by Gasteiger charge is 2.18. The van der Waals surface area contributed by atoms with E-state index in [0.717, 1.165) is 18.7 Å². The number of pyridine rings is 1. The minimum atomic E-state index is 0.112. The van der Waals surface area contributed by atoms with Crippen LogP contribution in [0.5, 0.6) is 0 Å². The van der Waals surface area contributed by atoms with E-state index in [2.05, 4.69) is 22.1 Å². The number of carbonyl (C=O) groups excluding carboxylic acids is 1. The summed E-state index contributed by atoms with van der Waals surface area (Å²) < 4.78 is 0. The zero-order valence-electron chi connectivity index (χ0n) is 10.9. The summed E-state index contributed by atoms with van der Waals surface area (Å²) in [7, 11) is 0. The predicted octanol–water partition coefficient (Wildman–Crippen LogP) is 1.43. The van der Waals surface area contributed by atoms with Crippen LogP contribution in [0.1, 0.15) is 25.3 Å². The molecule has 0 bridgehead atoms. The van der Waals surface area contributed by atoms with E-state index in [1.807, 2.05) is 12.1 Å². The molecule has 0 aromatic carbocycles. The second kappa shape index (κ2) is 6.50. The maximum Gasteiger partial charge on any atom is 0.234 e. The van der Waals surface area contributed by atoms with Crippen LogP contribution in [-0.2, 0) is 11.3 Å². The lowest BCUT2D eigenvalue weighted by Gasteiger charge is -2.30. The van der Waals surface area contributed by atoms with Crippen molar-refractivity contribution in [3.8, 4) is 0 Å². The van der Waals surface area contributed by atoms with Crippen LogP contribution in [0.2, 0.25) is 0 Å². The van der Waals surface area contributed by atoms with E-state index in [9.17, 15) is 4.79 Å². The fraction of sp³-hybridized carbons (Fsp3) is 0.571. The van der Waals surface area contributed by atoms with Gasteiger partial charge in [0.2, 0.25) is 5.91 Å². The molecule has 4 heteroatoms. The highest BCUT2D eigenvalue weighted by Crippen LogP contribution is 2.14. The standard InChI is InChI=1S/C14H21N3O/c1-12-3-2-8-17(10-12)11-14(18)16-9-13-4-6-15-7-5-13/h4-7,12H,2-3,8-11H2,1H3,(H,16,18). The van der Waals surface area contributed by atoms with Crippen LogP contribution >= 0.6 is 0 Å². The molecule has 0 saturated carbocycles. The molecule has 1 aromatic heterocycles. The zero-order valence-corrected chi connectivity index (χ0v) is 10.9. The molecular formula is C14H21N3O. The Kier molecular flexibility index (Phi) is 4.70. The summed E-state index contributed by atoms with van der Waals surface area (Å²) in [5, 5.41) is 2.95. The number of hydrogen-bond donors (Lipinski definition) is 1. The Morgan fingerprint density at radius 2 is 2.28 bits per heavy atom. The Morgan fingerprint density at radius 1 is 1.50 bits per heavy atom. The van der Waals surface area contributed by atoms with E-state index in [1.54, 1.807) is 12.4 Å². The molecular weight excluding hydrogens is 226 g/mol. The first-order chi connectivity index (χ1) is 8.74. The molecule has 1 unspecified atom stereocenters. The monoisotopic (exact) mass is 247 g/mol. The topological polar surface area (TPSA) is 45.2 Å². The second-order valence-corrected chi connectivity index (χ2v) is 5.11.